The number of ether oxygens (including phenoxy) is 1. The Morgan fingerprint density at radius 2 is 2.24 bits per heavy atom. The number of carboxylic acid groups (broad SMARTS) is 1. The van der Waals surface area contributed by atoms with E-state index in [9.17, 15) is 9.90 Å². The molecular weight excluding hydrogens is 270 g/mol. The molecule has 114 valence electrons. The number of anilines is 1. The van der Waals surface area contributed by atoms with Gasteiger partial charge in [0.05, 0.1) is 11.5 Å². The Balaban J connectivity index is 1.88. The minimum absolute atomic E-state index is 0.0102. The van der Waals surface area contributed by atoms with Crippen molar-refractivity contribution >= 4 is 11.8 Å². The maximum atomic E-state index is 11.8. The summed E-state index contributed by atoms with van der Waals surface area (Å²) in [6.07, 6.45) is 5.97. The lowest BCUT2D eigenvalue weighted by Gasteiger charge is -2.24. The van der Waals surface area contributed by atoms with Crippen molar-refractivity contribution in [3.05, 3.63) is 12.4 Å². The van der Waals surface area contributed by atoms with Crippen molar-refractivity contribution in [1.29, 1.82) is 0 Å². The molecule has 6 heteroatoms. The van der Waals surface area contributed by atoms with Crippen LogP contribution in [0, 0.1) is 11.3 Å². The maximum absolute atomic E-state index is 11.8. The van der Waals surface area contributed by atoms with E-state index < -0.39 is 11.4 Å². The van der Waals surface area contributed by atoms with Gasteiger partial charge in [-0.05, 0) is 32.6 Å². The topological polar surface area (TPSA) is 75.6 Å². The summed E-state index contributed by atoms with van der Waals surface area (Å²) in [7, 11) is 0. The van der Waals surface area contributed by atoms with Gasteiger partial charge in [-0.25, -0.2) is 9.97 Å². The minimum Gasteiger partial charge on any atom is -0.481 e. The van der Waals surface area contributed by atoms with Crippen LogP contribution in [0.25, 0.3) is 0 Å². The highest BCUT2D eigenvalue weighted by atomic mass is 16.5. The highest BCUT2D eigenvalue weighted by Gasteiger charge is 2.55. The molecule has 1 saturated carbocycles. The summed E-state index contributed by atoms with van der Waals surface area (Å²) in [6, 6.07) is 0. The number of hydrogen-bond donors (Lipinski definition) is 1. The molecule has 6 nitrogen and oxygen atoms in total. The van der Waals surface area contributed by atoms with E-state index in [0.717, 1.165) is 25.8 Å². The van der Waals surface area contributed by atoms with Crippen molar-refractivity contribution < 1.29 is 14.6 Å². The van der Waals surface area contributed by atoms with E-state index in [1.807, 2.05) is 18.7 Å². The quantitative estimate of drug-likeness (QED) is 0.914. The highest BCUT2D eigenvalue weighted by Crippen LogP contribution is 2.50. The van der Waals surface area contributed by atoms with Crippen molar-refractivity contribution in [2.24, 2.45) is 11.3 Å². The van der Waals surface area contributed by atoms with Gasteiger partial charge in [-0.1, -0.05) is 6.42 Å². The lowest BCUT2D eigenvalue weighted by molar-refractivity contribution is -0.149. The number of carboxylic acids is 1. The van der Waals surface area contributed by atoms with Crippen molar-refractivity contribution in [2.75, 3.05) is 18.0 Å². The molecule has 1 aliphatic carbocycles. The normalized spacial score (nSPS) is 28.0. The van der Waals surface area contributed by atoms with Gasteiger partial charge in [-0.15, -0.1) is 0 Å². The van der Waals surface area contributed by atoms with Crippen LogP contribution < -0.4 is 9.64 Å². The molecule has 1 aromatic heterocycles. The molecular formula is C15H21N3O3. The first-order chi connectivity index (χ1) is 10.0. The Morgan fingerprint density at radius 3 is 2.90 bits per heavy atom. The van der Waals surface area contributed by atoms with Crippen LogP contribution in [0.4, 0.5) is 5.82 Å². The predicted molar refractivity (Wildman–Crippen MR) is 77.4 cm³/mol. The van der Waals surface area contributed by atoms with E-state index in [1.165, 1.54) is 0 Å². The fourth-order valence-electron chi connectivity index (χ4n) is 3.64. The van der Waals surface area contributed by atoms with Gasteiger partial charge >= 0.3 is 5.97 Å². The molecule has 0 amide bonds. The van der Waals surface area contributed by atoms with E-state index >= 15 is 0 Å². The zero-order chi connectivity index (χ0) is 15.0. The molecule has 0 unspecified atom stereocenters. The number of fused-ring (bicyclic) bond motifs is 1. The molecule has 3 rings (SSSR count). The van der Waals surface area contributed by atoms with Crippen LogP contribution in [0.5, 0.6) is 5.88 Å². The molecule has 2 heterocycles. The number of aromatic nitrogens is 2. The first-order valence-electron chi connectivity index (χ1n) is 7.49. The number of hydrogen-bond acceptors (Lipinski definition) is 5. The van der Waals surface area contributed by atoms with Gasteiger partial charge in [-0.2, -0.15) is 0 Å². The Morgan fingerprint density at radius 1 is 1.48 bits per heavy atom. The van der Waals surface area contributed by atoms with Gasteiger partial charge in [0.1, 0.15) is 0 Å². The monoisotopic (exact) mass is 291 g/mol. The lowest BCUT2D eigenvalue weighted by Crippen LogP contribution is -2.36. The predicted octanol–water partition coefficient (Wildman–Crippen LogP) is 1.95. The van der Waals surface area contributed by atoms with E-state index in [0.29, 0.717) is 18.2 Å². The average molecular weight is 291 g/mol. The smallest absolute Gasteiger partial charge is 0.311 e. The largest absolute Gasteiger partial charge is 0.481 e. The molecule has 2 aliphatic rings. The van der Waals surface area contributed by atoms with Crippen molar-refractivity contribution in [3.63, 3.8) is 0 Å². The van der Waals surface area contributed by atoms with Crippen molar-refractivity contribution in [3.8, 4) is 5.88 Å². The maximum Gasteiger partial charge on any atom is 0.311 e. The molecule has 0 radical (unpaired) electrons. The van der Waals surface area contributed by atoms with E-state index in [1.54, 1.807) is 12.4 Å². The van der Waals surface area contributed by atoms with Crippen LogP contribution in [0.1, 0.15) is 33.1 Å². The summed E-state index contributed by atoms with van der Waals surface area (Å²) in [6.45, 7) is 5.10. The molecule has 0 spiro atoms. The Bertz CT molecular complexity index is 549. The molecule has 2 atom stereocenters. The van der Waals surface area contributed by atoms with Crippen LogP contribution in [0.15, 0.2) is 12.4 Å². The fraction of sp³-hybridized carbons (Fsp3) is 0.667. The minimum atomic E-state index is -0.678. The summed E-state index contributed by atoms with van der Waals surface area (Å²) < 4.78 is 5.71. The highest BCUT2D eigenvalue weighted by molar-refractivity contribution is 5.78. The van der Waals surface area contributed by atoms with Crippen LogP contribution in [-0.2, 0) is 4.79 Å². The van der Waals surface area contributed by atoms with Crippen LogP contribution in [0.3, 0.4) is 0 Å². The Kier molecular flexibility index (Phi) is 3.47. The Labute approximate surface area is 124 Å². The molecule has 0 bridgehead atoms. The fourth-order valence-corrected chi connectivity index (χ4v) is 3.64. The summed E-state index contributed by atoms with van der Waals surface area (Å²) in [4.78, 5) is 22.4. The molecule has 1 saturated heterocycles. The Hall–Kier alpha value is -1.85. The van der Waals surface area contributed by atoms with Crippen LogP contribution in [-0.4, -0.2) is 40.2 Å². The van der Waals surface area contributed by atoms with Crippen LogP contribution in [0.2, 0.25) is 0 Å². The third-order valence-electron chi connectivity index (χ3n) is 4.59. The molecule has 1 N–H and O–H groups in total. The summed E-state index contributed by atoms with van der Waals surface area (Å²) >= 11 is 0. The summed E-state index contributed by atoms with van der Waals surface area (Å²) in [5, 5.41) is 9.66. The van der Waals surface area contributed by atoms with E-state index in [4.69, 9.17) is 4.74 Å². The van der Waals surface area contributed by atoms with Gasteiger partial charge in [0.2, 0.25) is 0 Å². The van der Waals surface area contributed by atoms with Crippen molar-refractivity contribution in [2.45, 2.75) is 39.2 Å². The second kappa shape index (κ2) is 5.16. The first-order valence-corrected chi connectivity index (χ1v) is 7.49. The molecule has 1 aromatic rings. The zero-order valence-electron chi connectivity index (χ0n) is 12.5. The summed E-state index contributed by atoms with van der Waals surface area (Å²) in [5.41, 5.74) is -0.618. The van der Waals surface area contributed by atoms with E-state index in [2.05, 4.69) is 9.97 Å². The van der Waals surface area contributed by atoms with Gasteiger partial charge in [0, 0.05) is 25.5 Å². The second-order valence-corrected chi connectivity index (χ2v) is 6.28. The van der Waals surface area contributed by atoms with Gasteiger partial charge < -0.3 is 14.7 Å². The average Bonchev–Trinajstić information content (AvgIpc) is 2.96. The number of rotatable bonds is 4. The third kappa shape index (κ3) is 2.32. The van der Waals surface area contributed by atoms with Gasteiger partial charge in [0.25, 0.3) is 5.88 Å². The third-order valence-corrected chi connectivity index (χ3v) is 4.59. The van der Waals surface area contributed by atoms with Crippen LogP contribution >= 0.6 is 0 Å². The molecule has 1 aliphatic heterocycles. The SMILES string of the molecule is CC(C)Oc1nccnc1N1C[C@@H]2CCC[C@@]2(C(=O)O)C1. The number of carbonyl (C=O) groups is 1. The van der Waals surface area contributed by atoms with Gasteiger partial charge in [0.15, 0.2) is 5.82 Å². The van der Waals surface area contributed by atoms with Crippen molar-refractivity contribution in [1.82, 2.24) is 9.97 Å². The molecule has 0 aromatic carbocycles. The van der Waals surface area contributed by atoms with Gasteiger partial charge in [-0.3, -0.25) is 4.79 Å². The second-order valence-electron chi connectivity index (χ2n) is 6.28. The standard InChI is InChI=1S/C15H21N3O3/c1-10(2)21-13-12(16-6-7-17-13)18-8-11-4-3-5-15(11,9-18)14(19)20/h6-7,10-11H,3-5,8-9H2,1-2H3,(H,19,20)/t11-,15+/m0/s1. The number of aliphatic carboxylic acids is 1. The molecule has 21 heavy (non-hydrogen) atoms. The lowest BCUT2D eigenvalue weighted by atomic mass is 9.81. The van der Waals surface area contributed by atoms with E-state index in [-0.39, 0.29) is 12.0 Å². The molecule has 2 fully saturated rings. The summed E-state index contributed by atoms with van der Waals surface area (Å²) in [5.74, 6) is 0.681. The first kappa shape index (κ1) is 14.1. The zero-order valence-corrected chi connectivity index (χ0v) is 12.5. The number of nitrogens with zero attached hydrogens (tertiary/aromatic N) is 3.